The highest BCUT2D eigenvalue weighted by Crippen LogP contribution is 2.51. The first-order chi connectivity index (χ1) is 13.5. The van der Waals surface area contributed by atoms with Gasteiger partial charge < -0.3 is 14.4 Å². The van der Waals surface area contributed by atoms with Crippen LogP contribution in [0.3, 0.4) is 0 Å². The summed E-state index contributed by atoms with van der Waals surface area (Å²) in [7, 11) is -6.98. The SMILES string of the molecule is C[Si](C)(C)CCOP(=O)(OCC[Si](C)(C)C)Oc1ccc(OC(F)(F)F)cc1CO. The van der Waals surface area contributed by atoms with Gasteiger partial charge in [-0.3, -0.25) is 9.05 Å². The molecule has 0 heterocycles. The van der Waals surface area contributed by atoms with E-state index in [2.05, 4.69) is 44.0 Å². The van der Waals surface area contributed by atoms with Crippen molar-refractivity contribution in [3.63, 3.8) is 0 Å². The van der Waals surface area contributed by atoms with Gasteiger partial charge in [-0.1, -0.05) is 39.3 Å². The Morgan fingerprint density at radius 3 is 1.87 bits per heavy atom. The van der Waals surface area contributed by atoms with Crippen molar-refractivity contribution >= 4 is 24.0 Å². The van der Waals surface area contributed by atoms with Crippen LogP contribution in [0.4, 0.5) is 13.2 Å². The topological polar surface area (TPSA) is 74.2 Å². The van der Waals surface area contributed by atoms with Gasteiger partial charge in [0.05, 0.1) is 19.8 Å². The minimum Gasteiger partial charge on any atom is -0.406 e. The summed E-state index contributed by atoms with van der Waals surface area (Å²) in [4.78, 5) is 0. The lowest BCUT2D eigenvalue weighted by Crippen LogP contribution is -2.23. The highest BCUT2D eigenvalue weighted by molar-refractivity contribution is 7.49. The van der Waals surface area contributed by atoms with Gasteiger partial charge in [-0.05, 0) is 30.3 Å². The summed E-state index contributed by atoms with van der Waals surface area (Å²) in [5.41, 5.74) is -0.0282. The second-order valence-electron chi connectivity index (χ2n) is 9.30. The van der Waals surface area contributed by atoms with E-state index in [9.17, 15) is 22.8 Å². The Morgan fingerprint density at radius 1 is 0.967 bits per heavy atom. The third kappa shape index (κ3) is 11.5. The molecule has 6 nitrogen and oxygen atoms in total. The lowest BCUT2D eigenvalue weighted by Gasteiger charge is -2.23. The fourth-order valence-corrected chi connectivity index (χ4v) is 5.10. The van der Waals surface area contributed by atoms with Crippen LogP contribution in [0.15, 0.2) is 18.2 Å². The zero-order chi connectivity index (χ0) is 23.2. The number of benzene rings is 1. The predicted octanol–water partition coefficient (Wildman–Crippen LogP) is 6.27. The molecule has 0 aliphatic rings. The normalized spacial score (nSPS) is 13.4. The van der Waals surface area contributed by atoms with Gasteiger partial charge >= 0.3 is 14.2 Å². The molecule has 0 bridgehead atoms. The van der Waals surface area contributed by atoms with Crippen LogP contribution < -0.4 is 9.26 Å². The summed E-state index contributed by atoms with van der Waals surface area (Å²) >= 11 is 0. The van der Waals surface area contributed by atoms with Gasteiger partial charge in [0, 0.05) is 21.7 Å². The molecule has 0 aromatic heterocycles. The number of phosphoric ester groups is 1. The van der Waals surface area contributed by atoms with Crippen molar-refractivity contribution in [3.05, 3.63) is 23.8 Å². The third-order valence-electron chi connectivity index (χ3n) is 3.85. The molecule has 1 N–H and O–H groups in total. The van der Waals surface area contributed by atoms with Gasteiger partial charge in [-0.15, -0.1) is 13.2 Å². The van der Waals surface area contributed by atoms with E-state index in [1.807, 2.05) is 0 Å². The van der Waals surface area contributed by atoms with Gasteiger partial charge in [-0.2, -0.15) is 0 Å². The maximum absolute atomic E-state index is 13.2. The monoisotopic (exact) mass is 488 g/mol. The summed E-state index contributed by atoms with van der Waals surface area (Å²) in [5.74, 6) is -0.607. The van der Waals surface area contributed by atoms with E-state index >= 15 is 0 Å². The van der Waals surface area contributed by atoms with E-state index in [1.54, 1.807) is 0 Å². The number of phosphoric acid groups is 1. The number of halogens is 3. The maximum Gasteiger partial charge on any atom is 0.573 e. The molecule has 1 aromatic rings. The van der Waals surface area contributed by atoms with Gasteiger partial charge in [0.1, 0.15) is 11.5 Å². The molecular weight excluding hydrogens is 456 g/mol. The van der Waals surface area contributed by atoms with Crippen LogP contribution in [0.5, 0.6) is 11.5 Å². The van der Waals surface area contributed by atoms with Crippen LogP contribution in [0, 0.1) is 0 Å². The average molecular weight is 489 g/mol. The van der Waals surface area contributed by atoms with E-state index in [0.717, 1.165) is 30.3 Å². The van der Waals surface area contributed by atoms with Gasteiger partial charge in [0.15, 0.2) is 0 Å². The van der Waals surface area contributed by atoms with Gasteiger partial charge in [-0.25, -0.2) is 4.57 Å². The van der Waals surface area contributed by atoms with Crippen LogP contribution in [-0.4, -0.2) is 40.8 Å². The number of hydrogen-bond donors (Lipinski definition) is 1. The van der Waals surface area contributed by atoms with Crippen molar-refractivity contribution in [1.82, 2.24) is 0 Å². The Hall–Kier alpha value is -0.846. The summed E-state index contributed by atoms with van der Waals surface area (Å²) in [6.45, 7) is 12.5. The number of rotatable bonds is 12. The molecule has 0 amide bonds. The highest BCUT2D eigenvalue weighted by Gasteiger charge is 2.33. The standard InChI is InChI=1S/C18H32F3O6PSi2/c1-29(2,3)11-9-24-28(23,25-10-12-30(4,5)6)27-17-8-7-16(13-15(17)14-22)26-18(19,20)21/h7-8,13,22H,9-12,14H2,1-6H3. The van der Waals surface area contributed by atoms with Crippen molar-refractivity contribution in [2.75, 3.05) is 13.2 Å². The minimum absolute atomic E-state index is 0.0282. The fourth-order valence-electron chi connectivity index (χ4n) is 2.10. The van der Waals surface area contributed by atoms with Crippen LogP contribution in [0.1, 0.15) is 5.56 Å². The van der Waals surface area contributed by atoms with Crippen LogP contribution >= 0.6 is 7.82 Å². The molecule has 0 saturated carbocycles. The van der Waals surface area contributed by atoms with Gasteiger partial charge in [0.25, 0.3) is 0 Å². The third-order valence-corrected chi connectivity index (χ3v) is 8.68. The number of aliphatic hydroxyl groups excluding tert-OH is 1. The summed E-state index contributed by atoms with van der Waals surface area (Å²) in [5, 5.41) is 9.53. The molecule has 12 heteroatoms. The first-order valence-electron chi connectivity index (χ1n) is 9.60. The molecule has 0 radical (unpaired) electrons. The second kappa shape index (κ2) is 10.6. The molecule has 1 rings (SSSR count). The first-order valence-corrected chi connectivity index (χ1v) is 18.5. The van der Waals surface area contributed by atoms with E-state index < -0.39 is 42.7 Å². The fraction of sp³-hybridized carbons (Fsp3) is 0.667. The first kappa shape index (κ1) is 27.2. The zero-order valence-corrected chi connectivity index (χ0v) is 21.2. The molecule has 1 aromatic carbocycles. The highest BCUT2D eigenvalue weighted by atomic mass is 31.2. The van der Waals surface area contributed by atoms with Crippen molar-refractivity contribution in [1.29, 1.82) is 0 Å². The molecule has 0 aliphatic heterocycles. The summed E-state index contributed by atoms with van der Waals surface area (Å²) < 4.78 is 70.8. The van der Waals surface area contributed by atoms with Crippen molar-refractivity contribution in [3.8, 4) is 11.5 Å². The van der Waals surface area contributed by atoms with E-state index in [4.69, 9.17) is 13.6 Å². The van der Waals surface area contributed by atoms with E-state index in [0.29, 0.717) is 0 Å². The van der Waals surface area contributed by atoms with Crippen LogP contribution in [0.25, 0.3) is 0 Å². The molecule has 0 aliphatic carbocycles. The lowest BCUT2D eigenvalue weighted by molar-refractivity contribution is -0.274. The molecule has 174 valence electrons. The summed E-state index contributed by atoms with van der Waals surface area (Å²) in [6, 6.07) is 4.57. The van der Waals surface area contributed by atoms with E-state index in [1.165, 1.54) is 0 Å². The van der Waals surface area contributed by atoms with Gasteiger partial charge in [0.2, 0.25) is 0 Å². The Morgan fingerprint density at radius 2 is 1.47 bits per heavy atom. The Bertz CT molecular complexity index is 708. The molecule has 0 unspecified atom stereocenters. The molecule has 0 atom stereocenters. The average Bonchev–Trinajstić information content (AvgIpc) is 2.52. The lowest BCUT2D eigenvalue weighted by atomic mass is 10.2. The van der Waals surface area contributed by atoms with E-state index in [-0.39, 0.29) is 24.5 Å². The number of aliphatic hydroxyl groups is 1. The minimum atomic E-state index is -4.87. The van der Waals surface area contributed by atoms with Crippen LogP contribution in [-0.2, 0) is 20.2 Å². The Labute approximate surface area is 178 Å². The predicted molar refractivity (Wildman–Crippen MR) is 115 cm³/mol. The molecule has 0 saturated heterocycles. The summed E-state index contributed by atoms with van der Waals surface area (Å²) in [6.07, 6.45) is -4.87. The van der Waals surface area contributed by atoms with Crippen molar-refractivity contribution in [2.45, 2.75) is 64.3 Å². The molecule has 30 heavy (non-hydrogen) atoms. The van der Waals surface area contributed by atoms with Crippen molar-refractivity contribution < 1.29 is 41.2 Å². The number of alkyl halides is 3. The molecule has 0 spiro atoms. The Balaban J connectivity index is 3.02. The smallest absolute Gasteiger partial charge is 0.406 e. The van der Waals surface area contributed by atoms with Crippen molar-refractivity contribution in [2.24, 2.45) is 0 Å². The maximum atomic E-state index is 13.2. The van der Waals surface area contributed by atoms with Crippen LogP contribution in [0.2, 0.25) is 51.4 Å². The number of hydrogen-bond acceptors (Lipinski definition) is 6. The number of ether oxygens (including phenoxy) is 1. The Kier molecular flexibility index (Phi) is 9.65. The largest absolute Gasteiger partial charge is 0.573 e. The zero-order valence-electron chi connectivity index (χ0n) is 18.3. The second-order valence-corrected chi connectivity index (χ2v) is 22.1. The molecular formula is C18H32F3O6PSi2. The molecule has 0 fully saturated rings. The quantitative estimate of drug-likeness (QED) is 0.276.